The second-order valence-electron chi connectivity index (χ2n) is 11.7. The molecule has 0 bridgehead atoms. The first-order valence-electron chi connectivity index (χ1n) is 16.7. The average molecular weight is 659 g/mol. The molecule has 3 N–H and O–H groups in total. The molecular weight excluding hydrogens is 616 g/mol. The number of nitrogens with one attached hydrogen (secondary N) is 3. The van der Waals surface area contributed by atoms with Crippen molar-refractivity contribution < 1.29 is 23.8 Å². The van der Waals surface area contributed by atoms with Crippen LogP contribution in [0.4, 0.5) is 0 Å². The molecule has 6 rings (SSSR count). The fourth-order valence-corrected chi connectivity index (χ4v) is 5.90. The van der Waals surface area contributed by atoms with Crippen molar-refractivity contribution >= 4 is 33.5 Å². The minimum absolute atomic E-state index is 0.220. The molecular formula is C40H42N4O5. The monoisotopic (exact) mass is 658 g/mol. The van der Waals surface area contributed by atoms with Crippen molar-refractivity contribution in [3.8, 4) is 11.3 Å². The Kier molecular flexibility index (Phi) is 12.0. The molecule has 4 aromatic carbocycles. The third-order valence-electron chi connectivity index (χ3n) is 8.32. The molecule has 252 valence electrons. The number of ketones is 1. The number of carbonyl (C=O) groups excluding carboxylic acids is 2. The Morgan fingerprint density at radius 2 is 1.33 bits per heavy atom. The van der Waals surface area contributed by atoms with Gasteiger partial charge in [-0.25, -0.2) is 0 Å². The summed E-state index contributed by atoms with van der Waals surface area (Å²) in [7, 11) is 0. The van der Waals surface area contributed by atoms with Crippen molar-refractivity contribution in [1.29, 1.82) is 0 Å². The number of aromatic amines is 1. The standard InChI is InChI=1S/C40H42N4O5/c45-39(37-34-15-7-8-16-35(34)43-38(37)31-12-5-2-6-13-31)40(46)42-20-23-48-25-27-49-26-24-47-22-19-41-28-32-14-9-17-36-33(32)18-21-44(36)29-30-10-3-1-4-11-30/h1-18,21,41,43H,19-20,22-29H2,(H,42,46). The zero-order valence-corrected chi connectivity index (χ0v) is 27.5. The Balaban J connectivity index is 0.813. The number of ether oxygens (including phenoxy) is 3. The molecule has 2 heterocycles. The van der Waals surface area contributed by atoms with E-state index in [-0.39, 0.29) is 13.2 Å². The summed E-state index contributed by atoms with van der Waals surface area (Å²) in [6.07, 6.45) is 2.16. The van der Waals surface area contributed by atoms with E-state index < -0.39 is 11.7 Å². The lowest BCUT2D eigenvalue weighted by Crippen LogP contribution is -2.34. The lowest BCUT2D eigenvalue weighted by atomic mass is 10.0. The number of para-hydroxylation sites is 1. The fourth-order valence-electron chi connectivity index (χ4n) is 5.90. The lowest BCUT2D eigenvalue weighted by molar-refractivity contribution is -0.117. The summed E-state index contributed by atoms with van der Waals surface area (Å²) in [5, 5.41) is 8.14. The van der Waals surface area contributed by atoms with Gasteiger partial charge in [0.05, 0.1) is 50.9 Å². The van der Waals surface area contributed by atoms with Crippen molar-refractivity contribution in [3.63, 3.8) is 0 Å². The summed E-state index contributed by atoms with van der Waals surface area (Å²) in [6, 6.07) is 36.2. The largest absolute Gasteiger partial charge is 0.378 e. The predicted octanol–water partition coefficient (Wildman–Crippen LogP) is 5.98. The third kappa shape index (κ3) is 8.90. The smallest absolute Gasteiger partial charge is 0.292 e. The van der Waals surface area contributed by atoms with Gasteiger partial charge in [0.2, 0.25) is 0 Å². The van der Waals surface area contributed by atoms with E-state index in [0.717, 1.165) is 36.1 Å². The number of hydrogen-bond acceptors (Lipinski definition) is 6. The maximum Gasteiger partial charge on any atom is 0.292 e. The van der Waals surface area contributed by atoms with Gasteiger partial charge in [0.25, 0.3) is 11.7 Å². The van der Waals surface area contributed by atoms with Crippen LogP contribution in [0.5, 0.6) is 0 Å². The SMILES string of the molecule is O=C(NCCOCCOCCOCCNCc1cccc2c1ccn2Cc1ccccc1)C(=O)c1c(-c2ccccc2)[nH]c2ccccc12. The molecule has 0 radical (unpaired) electrons. The highest BCUT2D eigenvalue weighted by atomic mass is 16.5. The van der Waals surface area contributed by atoms with E-state index in [9.17, 15) is 9.59 Å². The van der Waals surface area contributed by atoms with E-state index in [0.29, 0.717) is 44.3 Å². The van der Waals surface area contributed by atoms with E-state index in [1.807, 2.05) is 60.7 Å². The first-order valence-corrected chi connectivity index (χ1v) is 16.7. The summed E-state index contributed by atoms with van der Waals surface area (Å²) in [4.78, 5) is 29.3. The van der Waals surface area contributed by atoms with Crippen LogP contribution in [0, 0.1) is 0 Å². The molecule has 0 unspecified atom stereocenters. The summed E-state index contributed by atoms with van der Waals surface area (Å²) >= 11 is 0. The minimum Gasteiger partial charge on any atom is -0.378 e. The maximum atomic E-state index is 13.2. The van der Waals surface area contributed by atoms with Crippen LogP contribution in [0.15, 0.2) is 115 Å². The molecule has 0 aliphatic carbocycles. The van der Waals surface area contributed by atoms with Gasteiger partial charge in [0, 0.05) is 54.2 Å². The van der Waals surface area contributed by atoms with Crippen molar-refractivity contribution in [2.45, 2.75) is 13.1 Å². The Bertz CT molecular complexity index is 1950. The molecule has 0 aliphatic heterocycles. The zero-order chi connectivity index (χ0) is 33.7. The van der Waals surface area contributed by atoms with Crippen LogP contribution >= 0.6 is 0 Å². The van der Waals surface area contributed by atoms with Gasteiger partial charge in [0.1, 0.15) is 0 Å². The molecule has 6 aromatic rings. The second-order valence-corrected chi connectivity index (χ2v) is 11.7. The van der Waals surface area contributed by atoms with Crippen LogP contribution in [-0.4, -0.2) is 74.0 Å². The number of nitrogens with zero attached hydrogens (tertiary/aromatic N) is 1. The van der Waals surface area contributed by atoms with Crippen LogP contribution < -0.4 is 10.6 Å². The molecule has 0 spiro atoms. The number of aromatic nitrogens is 2. The lowest BCUT2D eigenvalue weighted by Gasteiger charge is -2.10. The molecule has 0 saturated carbocycles. The second kappa shape index (κ2) is 17.4. The topological polar surface area (TPSA) is 107 Å². The van der Waals surface area contributed by atoms with Crippen molar-refractivity contribution in [1.82, 2.24) is 20.2 Å². The van der Waals surface area contributed by atoms with Crippen LogP contribution in [0.1, 0.15) is 21.5 Å². The number of H-pyrrole nitrogens is 1. The molecule has 49 heavy (non-hydrogen) atoms. The first-order chi connectivity index (χ1) is 24.2. The number of amides is 1. The number of benzene rings is 4. The summed E-state index contributed by atoms with van der Waals surface area (Å²) in [6.45, 7) is 5.22. The van der Waals surface area contributed by atoms with Gasteiger partial charge in [-0.3, -0.25) is 9.59 Å². The molecule has 9 heteroatoms. The molecule has 1 amide bonds. The minimum atomic E-state index is -0.664. The molecule has 0 fully saturated rings. The van der Waals surface area contributed by atoms with Gasteiger partial charge in [-0.15, -0.1) is 0 Å². The Labute approximate surface area is 286 Å². The Morgan fingerprint density at radius 1 is 0.653 bits per heavy atom. The van der Waals surface area contributed by atoms with Crippen molar-refractivity contribution in [3.05, 3.63) is 132 Å². The van der Waals surface area contributed by atoms with Gasteiger partial charge in [0.15, 0.2) is 0 Å². The number of rotatable bonds is 19. The van der Waals surface area contributed by atoms with E-state index >= 15 is 0 Å². The van der Waals surface area contributed by atoms with E-state index in [2.05, 4.69) is 74.9 Å². The fraction of sp³-hybridized carbons (Fsp3) is 0.250. The molecule has 9 nitrogen and oxygen atoms in total. The van der Waals surface area contributed by atoms with E-state index in [1.165, 1.54) is 22.0 Å². The Morgan fingerprint density at radius 3 is 2.10 bits per heavy atom. The number of fused-ring (bicyclic) bond motifs is 2. The number of Topliss-reactive ketones (excluding diaryl/α,β-unsaturated/α-hetero) is 1. The summed E-state index contributed by atoms with van der Waals surface area (Å²) in [5.74, 6) is -1.25. The highest BCUT2D eigenvalue weighted by molar-refractivity contribution is 6.46. The first kappa shape index (κ1) is 33.8. The third-order valence-corrected chi connectivity index (χ3v) is 8.32. The normalized spacial score (nSPS) is 11.3. The maximum absolute atomic E-state index is 13.2. The van der Waals surface area contributed by atoms with Gasteiger partial charge >= 0.3 is 0 Å². The van der Waals surface area contributed by atoms with E-state index in [4.69, 9.17) is 14.2 Å². The predicted molar refractivity (Wildman–Crippen MR) is 193 cm³/mol. The van der Waals surface area contributed by atoms with Gasteiger partial charge in [-0.2, -0.15) is 0 Å². The highest BCUT2D eigenvalue weighted by Crippen LogP contribution is 2.30. The Hall–Kier alpha value is -5.06. The van der Waals surface area contributed by atoms with Crippen LogP contribution in [-0.2, 0) is 32.1 Å². The number of hydrogen-bond donors (Lipinski definition) is 3. The van der Waals surface area contributed by atoms with Gasteiger partial charge in [-0.05, 0) is 34.9 Å². The van der Waals surface area contributed by atoms with Crippen LogP contribution in [0.3, 0.4) is 0 Å². The molecule has 0 saturated heterocycles. The summed E-state index contributed by atoms with van der Waals surface area (Å²) < 4.78 is 19.2. The highest BCUT2D eigenvalue weighted by Gasteiger charge is 2.24. The van der Waals surface area contributed by atoms with E-state index in [1.54, 1.807) is 0 Å². The average Bonchev–Trinajstić information content (AvgIpc) is 3.74. The quantitative estimate of drug-likeness (QED) is 0.0562. The molecule has 0 atom stereocenters. The van der Waals surface area contributed by atoms with Crippen molar-refractivity contribution in [2.24, 2.45) is 0 Å². The number of carbonyl (C=O) groups is 2. The van der Waals surface area contributed by atoms with Crippen LogP contribution in [0.25, 0.3) is 33.1 Å². The van der Waals surface area contributed by atoms with Gasteiger partial charge < -0.3 is 34.4 Å². The van der Waals surface area contributed by atoms with Crippen molar-refractivity contribution in [2.75, 3.05) is 52.7 Å². The zero-order valence-electron chi connectivity index (χ0n) is 27.5. The summed E-state index contributed by atoms with van der Waals surface area (Å²) in [5.41, 5.74) is 6.44. The molecule has 0 aliphatic rings. The van der Waals surface area contributed by atoms with Gasteiger partial charge in [-0.1, -0.05) is 91.0 Å². The molecule has 2 aromatic heterocycles. The van der Waals surface area contributed by atoms with Crippen LogP contribution in [0.2, 0.25) is 0 Å².